The molecule has 2 aromatic rings. The predicted octanol–water partition coefficient (Wildman–Crippen LogP) is 1.47. The van der Waals surface area contributed by atoms with Crippen LogP contribution in [0.1, 0.15) is 11.1 Å². The molecule has 20 heavy (non-hydrogen) atoms. The number of rotatable bonds is 1. The van der Waals surface area contributed by atoms with E-state index in [1.54, 1.807) is 6.20 Å². The zero-order valence-electron chi connectivity index (χ0n) is 10.7. The lowest BCUT2D eigenvalue weighted by Gasteiger charge is -2.28. The molecule has 2 aliphatic rings. The van der Waals surface area contributed by atoms with Crippen molar-refractivity contribution in [2.24, 2.45) is 5.73 Å². The number of nitrogens with two attached hydrogens (primary N) is 1. The molecule has 5 nitrogen and oxygen atoms in total. The van der Waals surface area contributed by atoms with Gasteiger partial charge in [-0.05, 0) is 17.7 Å². The number of hydrogen-bond acceptors (Lipinski definition) is 4. The van der Waals surface area contributed by atoms with Crippen molar-refractivity contribution in [2.45, 2.75) is 12.8 Å². The molecule has 1 amide bonds. The Hall–Kier alpha value is -2.69. The third-order valence-corrected chi connectivity index (χ3v) is 3.87. The molecule has 0 saturated carbocycles. The van der Waals surface area contributed by atoms with Gasteiger partial charge >= 0.3 is 0 Å². The maximum Gasteiger partial charge on any atom is 0.246 e. The topological polar surface area (TPSA) is 72.1 Å². The van der Waals surface area contributed by atoms with Crippen LogP contribution in [0.4, 0.5) is 11.5 Å². The van der Waals surface area contributed by atoms with E-state index in [1.165, 1.54) is 5.56 Å². The normalized spacial score (nSPS) is 15.7. The second-order valence-corrected chi connectivity index (χ2v) is 4.99. The van der Waals surface area contributed by atoms with Crippen molar-refractivity contribution in [3.05, 3.63) is 58.9 Å². The van der Waals surface area contributed by atoms with Crippen molar-refractivity contribution in [1.82, 2.24) is 10.2 Å². The van der Waals surface area contributed by atoms with Gasteiger partial charge in [0.15, 0.2) is 5.82 Å². The van der Waals surface area contributed by atoms with Crippen LogP contribution in [0.2, 0.25) is 0 Å². The lowest BCUT2D eigenvalue weighted by atomic mass is 9.98. The van der Waals surface area contributed by atoms with Crippen LogP contribution in [0, 0.1) is 0 Å². The van der Waals surface area contributed by atoms with E-state index < -0.39 is 0 Å². The minimum absolute atomic E-state index is 0.361. The fraction of sp³-hybridized carbons (Fsp3) is 0.133. The molecule has 0 aliphatic carbocycles. The number of fused-ring (bicyclic) bond motifs is 5. The second-order valence-electron chi connectivity index (χ2n) is 4.99. The van der Waals surface area contributed by atoms with E-state index in [9.17, 15) is 4.79 Å². The Morgan fingerprint density at radius 3 is 2.85 bits per heavy atom. The largest absolute Gasteiger partial charge is 0.366 e. The van der Waals surface area contributed by atoms with E-state index >= 15 is 0 Å². The van der Waals surface area contributed by atoms with Gasteiger partial charge in [-0.1, -0.05) is 18.2 Å². The summed E-state index contributed by atoms with van der Waals surface area (Å²) in [5, 5.41) is 8.22. The van der Waals surface area contributed by atoms with Crippen LogP contribution >= 0.6 is 0 Å². The molecule has 2 aliphatic heterocycles. The van der Waals surface area contributed by atoms with Gasteiger partial charge in [0, 0.05) is 29.7 Å². The van der Waals surface area contributed by atoms with E-state index in [1.807, 2.05) is 29.2 Å². The van der Waals surface area contributed by atoms with Crippen LogP contribution in [-0.2, 0) is 17.6 Å². The summed E-state index contributed by atoms with van der Waals surface area (Å²) in [6.45, 7) is 0. The Morgan fingerprint density at radius 2 is 2.00 bits per heavy atom. The van der Waals surface area contributed by atoms with E-state index in [-0.39, 0.29) is 5.91 Å². The summed E-state index contributed by atoms with van der Waals surface area (Å²) < 4.78 is 0. The summed E-state index contributed by atoms with van der Waals surface area (Å²) in [6, 6.07) is 9.97. The highest BCUT2D eigenvalue weighted by molar-refractivity contribution is 5.97. The van der Waals surface area contributed by atoms with Crippen molar-refractivity contribution in [3.8, 4) is 0 Å². The van der Waals surface area contributed by atoms with Gasteiger partial charge < -0.3 is 5.73 Å². The average Bonchev–Trinajstić information content (AvgIpc) is 2.85. The van der Waals surface area contributed by atoms with E-state index in [4.69, 9.17) is 5.73 Å². The first-order valence-corrected chi connectivity index (χ1v) is 6.46. The molecule has 1 aromatic carbocycles. The third kappa shape index (κ3) is 1.40. The number of aromatic nitrogens is 2. The van der Waals surface area contributed by atoms with E-state index in [2.05, 4.69) is 16.3 Å². The van der Waals surface area contributed by atoms with Gasteiger partial charge in [0.25, 0.3) is 0 Å². The molecule has 0 spiro atoms. The number of hydrogen-bond donors (Lipinski definition) is 1. The van der Waals surface area contributed by atoms with Gasteiger partial charge in [0.1, 0.15) is 0 Å². The molecule has 0 bridgehead atoms. The van der Waals surface area contributed by atoms with Gasteiger partial charge in [-0.15, -0.1) is 5.10 Å². The van der Waals surface area contributed by atoms with Crippen molar-refractivity contribution < 1.29 is 4.79 Å². The van der Waals surface area contributed by atoms with Crippen molar-refractivity contribution in [3.63, 3.8) is 0 Å². The van der Waals surface area contributed by atoms with E-state index in [0.717, 1.165) is 22.8 Å². The number of primary amides is 1. The summed E-state index contributed by atoms with van der Waals surface area (Å²) in [5.74, 6) is 0.442. The van der Waals surface area contributed by atoms with Crippen LogP contribution in [0.3, 0.4) is 0 Å². The van der Waals surface area contributed by atoms with Crippen molar-refractivity contribution >= 4 is 17.4 Å². The zero-order valence-corrected chi connectivity index (χ0v) is 10.7. The van der Waals surface area contributed by atoms with Gasteiger partial charge in [-0.25, -0.2) is 0 Å². The highest BCUT2D eigenvalue weighted by Crippen LogP contribution is 2.45. The summed E-state index contributed by atoms with van der Waals surface area (Å²) in [5.41, 5.74) is 10.4. The average molecular weight is 264 g/mol. The van der Waals surface area contributed by atoms with Crippen LogP contribution in [-0.4, -0.2) is 16.1 Å². The Bertz CT molecular complexity index is 766. The molecule has 4 rings (SSSR count). The van der Waals surface area contributed by atoms with Gasteiger partial charge in [-0.2, -0.15) is 5.10 Å². The Morgan fingerprint density at radius 1 is 1.15 bits per heavy atom. The lowest BCUT2D eigenvalue weighted by Crippen LogP contribution is -2.28. The molecule has 0 saturated heterocycles. The number of nitrogens with zero attached hydrogens (tertiary/aromatic N) is 3. The number of carbonyl (C=O) groups excluding carboxylic acids is 1. The summed E-state index contributed by atoms with van der Waals surface area (Å²) in [6.07, 6.45) is 2.88. The van der Waals surface area contributed by atoms with Crippen LogP contribution in [0.25, 0.3) is 0 Å². The summed E-state index contributed by atoms with van der Waals surface area (Å²) in [7, 11) is 0. The van der Waals surface area contributed by atoms with Crippen LogP contribution in [0.15, 0.2) is 47.8 Å². The molecule has 0 fully saturated rings. The Balaban J connectivity index is 2.00. The van der Waals surface area contributed by atoms with Crippen molar-refractivity contribution in [1.29, 1.82) is 0 Å². The highest BCUT2D eigenvalue weighted by Gasteiger charge is 2.35. The van der Waals surface area contributed by atoms with E-state index in [0.29, 0.717) is 18.4 Å². The number of amides is 1. The van der Waals surface area contributed by atoms with Crippen molar-refractivity contribution in [2.75, 3.05) is 4.90 Å². The second kappa shape index (κ2) is 3.90. The minimum atomic E-state index is -0.361. The molecule has 0 unspecified atom stereocenters. The monoisotopic (exact) mass is 264 g/mol. The maximum atomic E-state index is 11.8. The molecule has 3 heterocycles. The van der Waals surface area contributed by atoms with Gasteiger partial charge in [-0.3, -0.25) is 9.69 Å². The quantitative estimate of drug-likeness (QED) is 0.846. The Labute approximate surface area is 115 Å². The minimum Gasteiger partial charge on any atom is -0.366 e. The van der Waals surface area contributed by atoms with Gasteiger partial charge in [0.05, 0.1) is 11.9 Å². The summed E-state index contributed by atoms with van der Waals surface area (Å²) >= 11 is 0. The molecule has 2 N–H and O–H groups in total. The molecule has 98 valence electrons. The predicted molar refractivity (Wildman–Crippen MR) is 74.2 cm³/mol. The zero-order chi connectivity index (χ0) is 13.7. The van der Waals surface area contributed by atoms with Gasteiger partial charge in [0.2, 0.25) is 5.91 Å². The van der Waals surface area contributed by atoms with Crippen LogP contribution < -0.4 is 10.6 Å². The number of para-hydroxylation sites is 1. The lowest BCUT2D eigenvalue weighted by molar-refractivity contribution is -0.114. The molecular formula is C15H12N4O. The molecule has 5 heteroatoms. The molecular weight excluding hydrogens is 252 g/mol. The Kier molecular flexibility index (Phi) is 2.18. The first kappa shape index (κ1) is 11.2. The number of carbonyl (C=O) groups is 1. The number of allylic oxidation sites excluding steroid dienone is 1. The third-order valence-electron chi connectivity index (χ3n) is 3.87. The summed E-state index contributed by atoms with van der Waals surface area (Å²) in [4.78, 5) is 13.8. The fourth-order valence-corrected chi connectivity index (χ4v) is 2.97. The first-order valence-electron chi connectivity index (χ1n) is 6.46. The highest BCUT2D eigenvalue weighted by atomic mass is 16.1. The SMILES string of the molecule is NC(=O)C1=C2Cc3ccccc3N2c2nnccc2C1. The van der Waals surface area contributed by atoms with Crippen LogP contribution in [0.5, 0.6) is 0 Å². The smallest absolute Gasteiger partial charge is 0.246 e. The molecule has 1 aromatic heterocycles. The molecule has 0 atom stereocenters. The fourth-order valence-electron chi connectivity index (χ4n) is 2.97. The first-order chi connectivity index (χ1) is 9.75. The standard InChI is InChI=1S/C15H12N4O/c16-14(20)11-7-10-5-6-17-18-15(10)19-12-4-2-1-3-9(12)8-13(11)19/h1-6H,7-8H2,(H2,16,20). The number of benzene rings is 1. The molecule has 0 radical (unpaired) electrons. The maximum absolute atomic E-state index is 11.8. The number of anilines is 2.